The zero-order chi connectivity index (χ0) is 18.8. The molecule has 0 saturated carbocycles. The number of esters is 1. The second-order valence-electron chi connectivity index (χ2n) is 5.83. The molecule has 2 N–H and O–H groups in total. The summed E-state index contributed by atoms with van der Waals surface area (Å²) in [6, 6.07) is 13.4. The molecular weight excluding hydrogens is 336 g/mol. The van der Waals surface area contributed by atoms with Crippen LogP contribution in [0, 0.1) is 0 Å². The lowest BCUT2D eigenvalue weighted by Gasteiger charge is -2.23. The molecule has 0 aliphatic carbocycles. The van der Waals surface area contributed by atoms with Gasteiger partial charge in [0.15, 0.2) is 0 Å². The van der Waals surface area contributed by atoms with Crippen molar-refractivity contribution in [2.75, 3.05) is 0 Å². The second-order valence-corrected chi connectivity index (χ2v) is 5.83. The van der Waals surface area contributed by atoms with Gasteiger partial charge in [-0.2, -0.15) is 0 Å². The van der Waals surface area contributed by atoms with Gasteiger partial charge in [-0.15, -0.1) is 0 Å². The molecule has 1 aliphatic rings. The minimum absolute atomic E-state index is 0.228. The van der Waals surface area contributed by atoms with Crippen molar-refractivity contribution in [1.82, 2.24) is 4.90 Å². The van der Waals surface area contributed by atoms with E-state index in [1.165, 1.54) is 19.1 Å². The minimum Gasteiger partial charge on any atom is -0.446 e. The van der Waals surface area contributed by atoms with Crippen molar-refractivity contribution in [3.8, 4) is 0 Å². The van der Waals surface area contributed by atoms with E-state index in [1.807, 2.05) is 0 Å². The van der Waals surface area contributed by atoms with Crippen LogP contribution in [0.3, 0.4) is 0 Å². The van der Waals surface area contributed by atoms with Gasteiger partial charge in [0, 0.05) is 5.56 Å². The quantitative estimate of drug-likeness (QED) is 0.647. The summed E-state index contributed by atoms with van der Waals surface area (Å²) in [7, 11) is 0. The predicted molar refractivity (Wildman–Crippen MR) is 90.9 cm³/mol. The van der Waals surface area contributed by atoms with Gasteiger partial charge in [0.25, 0.3) is 17.7 Å². The summed E-state index contributed by atoms with van der Waals surface area (Å²) < 4.78 is 5.21. The third-order valence-electron chi connectivity index (χ3n) is 4.15. The number of fused-ring (bicyclic) bond motifs is 1. The fraction of sp³-hybridized carbons (Fsp3) is 0.158. The molecule has 0 aromatic heterocycles. The second kappa shape index (κ2) is 6.79. The van der Waals surface area contributed by atoms with Crippen LogP contribution in [0.25, 0.3) is 0 Å². The zero-order valence-corrected chi connectivity index (χ0v) is 13.9. The Hall–Kier alpha value is -3.48. The van der Waals surface area contributed by atoms with Crippen LogP contribution in [0.1, 0.15) is 39.3 Å². The van der Waals surface area contributed by atoms with E-state index in [4.69, 9.17) is 10.5 Å². The molecule has 2 unspecified atom stereocenters. The first-order valence-electron chi connectivity index (χ1n) is 7.93. The van der Waals surface area contributed by atoms with Crippen molar-refractivity contribution in [3.05, 3.63) is 71.3 Å². The molecule has 7 heteroatoms. The summed E-state index contributed by atoms with van der Waals surface area (Å²) >= 11 is 0. The molecule has 7 nitrogen and oxygen atoms in total. The third kappa shape index (κ3) is 2.95. The van der Waals surface area contributed by atoms with Gasteiger partial charge < -0.3 is 10.5 Å². The Kier molecular flexibility index (Phi) is 4.53. The van der Waals surface area contributed by atoms with Crippen molar-refractivity contribution in [3.63, 3.8) is 0 Å². The van der Waals surface area contributed by atoms with Gasteiger partial charge in [0.2, 0.25) is 6.10 Å². The Labute approximate surface area is 149 Å². The molecule has 2 atom stereocenters. The molecule has 1 aliphatic heterocycles. The maximum atomic E-state index is 12.5. The highest BCUT2D eigenvalue weighted by Gasteiger charge is 2.42. The first kappa shape index (κ1) is 17.3. The summed E-state index contributed by atoms with van der Waals surface area (Å²) in [5, 5.41) is 0. The van der Waals surface area contributed by atoms with E-state index in [2.05, 4.69) is 0 Å². The van der Waals surface area contributed by atoms with Crippen LogP contribution in [0.15, 0.2) is 54.6 Å². The fourth-order valence-electron chi connectivity index (χ4n) is 2.80. The Morgan fingerprint density at radius 1 is 0.923 bits per heavy atom. The van der Waals surface area contributed by atoms with E-state index in [9.17, 15) is 19.2 Å². The fourth-order valence-corrected chi connectivity index (χ4v) is 2.80. The monoisotopic (exact) mass is 352 g/mol. The number of ether oxygens (including phenoxy) is 1. The number of hydrogen-bond acceptors (Lipinski definition) is 5. The number of nitrogens with two attached hydrogens (primary N) is 1. The minimum atomic E-state index is -1.30. The van der Waals surface area contributed by atoms with Crippen molar-refractivity contribution < 1.29 is 23.9 Å². The number of benzene rings is 2. The highest BCUT2D eigenvalue weighted by atomic mass is 16.5. The van der Waals surface area contributed by atoms with Crippen LogP contribution in [0.4, 0.5) is 0 Å². The van der Waals surface area contributed by atoms with Crippen LogP contribution in [0.5, 0.6) is 0 Å². The molecule has 132 valence electrons. The molecule has 1 heterocycles. The lowest BCUT2D eigenvalue weighted by atomic mass is 10.1. The van der Waals surface area contributed by atoms with E-state index in [1.54, 1.807) is 42.5 Å². The number of amides is 3. The number of nitrogens with zero attached hydrogens (tertiary/aromatic N) is 1. The molecule has 26 heavy (non-hydrogen) atoms. The molecule has 0 radical (unpaired) electrons. The van der Waals surface area contributed by atoms with Gasteiger partial charge in [-0.1, -0.05) is 42.5 Å². The summed E-state index contributed by atoms with van der Waals surface area (Å²) in [6.07, 6.45) is -1.30. The number of rotatable bonds is 5. The molecular formula is C19H16N2O5. The molecule has 0 fully saturated rings. The standard InChI is InChI=1S/C19H16N2O5/c1-11(21-17(23)13-9-5-6-10-14(13)18(21)24)19(25)26-15(16(20)22)12-7-3-2-4-8-12/h2-11,15H,1H3,(H2,20,22). The molecule has 0 bridgehead atoms. The topological polar surface area (TPSA) is 107 Å². The Bertz CT molecular complexity index is 859. The summed E-state index contributed by atoms with van der Waals surface area (Å²) in [4.78, 5) is 49.9. The average molecular weight is 352 g/mol. The van der Waals surface area contributed by atoms with E-state index < -0.39 is 35.8 Å². The third-order valence-corrected chi connectivity index (χ3v) is 4.15. The maximum absolute atomic E-state index is 12.5. The molecule has 3 rings (SSSR count). The van der Waals surface area contributed by atoms with Crippen LogP contribution < -0.4 is 5.73 Å². The van der Waals surface area contributed by atoms with Crippen LogP contribution in [0.2, 0.25) is 0 Å². The molecule has 3 amide bonds. The van der Waals surface area contributed by atoms with E-state index in [0.29, 0.717) is 5.56 Å². The zero-order valence-electron chi connectivity index (χ0n) is 13.9. The van der Waals surface area contributed by atoms with Crippen LogP contribution >= 0.6 is 0 Å². The van der Waals surface area contributed by atoms with Gasteiger partial charge in [-0.3, -0.25) is 19.3 Å². The van der Waals surface area contributed by atoms with Gasteiger partial charge in [-0.25, -0.2) is 4.79 Å². The van der Waals surface area contributed by atoms with E-state index >= 15 is 0 Å². The maximum Gasteiger partial charge on any atom is 0.330 e. The smallest absolute Gasteiger partial charge is 0.330 e. The normalized spacial score (nSPS) is 15.3. The van der Waals surface area contributed by atoms with Gasteiger partial charge >= 0.3 is 5.97 Å². The molecule has 2 aromatic rings. The number of primary amides is 1. The van der Waals surface area contributed by atoms with Crippen molar-refractivity contribution in [2.24, 2.45) is 5.73 Å². The highest BCUT2D eigenvalue weighted by molar-refractivity contribution is 6.22. The SMILES string of the molecule is CC(C(=O)OC(C(N)=O)c1ccccc1)N1C(=O)c2ccccc2C1=O. The number of hydrogen-bond donors (Lipinski definition) is 1. The van der Waals surface area contributed by atoms with Crippen LogP contribution in [-0.2, 0) is 14.3 Å². The van der Waals surface area contributed by atoms with Gasteiger partial charge in [0.1, 0.15) is 6.04 Å². The van der Waals surface area contributed by atoms with Gasteiger partial charge in [0.05, 0.1) is 11.1 Å². The Balaban J connectivity index is 1.81. The molecule has 2 aromatic carbocycles. The average Bonchev–Trinajstić information content (AvgIpc) is 2.90. The first-order chi connectivity index (χ1) is 12.4. The number of carbonyl (C=O) groups is 4. The Morgan fingerprint density at radius 2 is 1.42 bits per heavy atom. The summed E-state index contributed by atoms with van der Waals surface area (Å²) in [5.74, 6) is -2.90. The van der Waals surface area contributed by atoms with E-state index in [-0.39, 0.29) is 11.1 Å². The number of carbonyl (C=O) groups excluding carboxylic acids is 4. The largest absolute Gasteiger partial charge is 0.446 e. The highest BCUT2D eigenvalue weighted by Crippen LogP contribution is 2.26. The van der Waals surface area contributed by atoms with Crippen molar-refractivity contribution in [1.29, 1.82) is 0 Å². The van der Waals surface area contributed by atoms with Crippen molar-refractivity contribution >= 4 is 23.7 Å². The summed E-state index contributed by atoms with van der Waals surface area (Å²) in [6.45, 7) is 1.37. The lowest BCUT2D eigenvalue weighted by Crippen LogP contribution is -2.44. The van der Waals surface area contributed by atoms with Crippen LogP contribution in [-0.4, -0.2) is 34.6 Å². The van der Waals surface area contributed by atoms with E-state index in [0.717, 1.165) is 4.90 Å². The molecule has 0 spiro atoms. The predicted octanol–water partition coefficient (Wildman–Crippen LogP) is 1.44. The number of imide groups is 1. The first-order valence-corrected chi connectivity index (χ1v) is 7.93. The van der Waals surface area contributed by atoms with Crippen molar-refractivity contribution in [2.45, 2.75) is 19.1 Å². The molecule has 0 saturated heterocycles. The summed E-state index contributed by atoms with van der Waals surface area (Å²) in [5.41, 5.74) is 6.19. The Morgan fingerprint density at radius 3 is 1.92 bits per heavy atom. The lowest BCUT2D eigenvalue weighted by molar-refractivity contribution is -0.158. The van der Waals surface area contributed by atoms with Gasteiger partial charge in [-0.05, 0) is 19.1 Å².